The van der Waals surface area contributed by atoms with E-state index in [1.54, 1.807) is 13.2 Å². The van der Waals surface area contributed by atoms with Crippen molar-refractivity contribution >= 4 is 6.01 Å². The van der Waals surface area contributed by atoms with Gasteiger partial charge in [-0.15, -0.1) is 0 Å². The molecule has 0 fully saturated rings. The molecule has 5 nitrogen and oxygen atoms in total. The number of hydrogen-bond acceptors (Lipinski definition) is 5. The third-order valence-corrected chi connectivity index (χ3v) is 2.07. The fourth-order valence-corrected chi connectivity index (χ4v) is 1.37. The Labute approximate surface area is 87.5 Å². The normalized spacial score (nSPS) is 10.3. The molecule has 0 atom stereocenters. The summed E-state index contributed by atoms with van der Waals surface area (Å²) in [7, 11) is 1.73. The summed E-state index contributed by atoms with van der Waals surface area (Å²) >= 11 is 0. The molecule has 78 valence electrons. The van der Waals surface area contributed by atoms with Crippen LogP contribution in [0.25, 0.3) is 11.5 Å². The van der Waals surface area contributed by atoms with E-state index in [0.29, 0.717) is 11.8 Å². The first-order valence-corrected chi connectivity index (χ1v) is 4.66. The van der Waals surface area contributed by atoms with Gasteiger partial charge in [0.05, 0.1) is 0 Å². The van der Waals surface area contributed by atoms with Gasteiger partial charge in [-0.25, -0.2) is 0 Å². The van der Waals surface area contributed by atoms with Crippen LogP contribution in [-0.4, -0.2) is 22.2 Å². The summed E-state index contributed by atoms with van der Waals surface area (Å²) in [5.41, 5.74) is 2.91. The summed E-state index contributed by atoms with van der Waals surface area (Å²) in [4.78, 5) is 8.42. The second-order valence-electron chi connectivity index (χ2n) is 3.35. The molecule has 2 rings (SSSR count). The zero-order valence-electron chi connectivity index (χ0n) is 8.90. The molecule has 0 spiro atoms. The second kappa shape index (κ2) is 3.68. The molecule has 1 N–H and O–H groups in total. The van der Waals surface area contributed by atoms with Crippen molar-refractivity contribution in [2.75, 3.05) is 12.4 Å². The highest BCUT2D eigenvalue weighted by atomic mass is 16.5. The minimum atomic E-state index is 0.395. The Morgan fingerprint density at radius 2 is 2.13 bits per heavy atom. The molecule has 0 bridgehead atoms. The number of nitrogens with zero attached hydrogens (tertiary/aromatic N) is 3. The molecule has 0 unspecified atom stereocenters. The van der Waals surface area contributed by atoms with Crippen molar-refractivity contribution in [1.29, 1.82) is 0 Å². The average molecular weight is 204 g/mol. The quantitative estimate of drug-likeness (QED) is 0.807. The van der Waals surface area contributed by atoms with Crippen LogP contribution in [0.3, 0.4) is 0 Å². The standard InChI is InChI=1S/C10H12N4O/c1-6-4-7(2)8(12-5-6)9-13-10(11-3)15-14-9/h4-5H,1-3H3,(H,11,13,14). The van der Waals surface area contributed by atoms with Gasteiger partial charge in [0.15, 0.2) is 0 Å². The van der Waals surface area contributed by atoms with Crippen molar-refractivity contribution < 1.29 is 4.52 Å². The summed E-state index contributed by atoms with van der Waals surface area (Å²) in [5.74, 6) is 0.511. The zero-order valence-corrected chi connectivity index (χ0v) is 8.90. The van der Waals surface area contributed by atoms with Crippen LogP contribution in [0, 0.1) is 13.8 Å². The van der Waals surface area contributed by atoms with Gasteiger partial charge < -0.3 is 9.84 Å². The van der Waals surface area contributed by atoms with E-state index in [2.05, 4.69) is 20.4 Å². The van der Waals surface area contributed by atoms with Crippen LogP contribution in [-0.2, 0) is 0 Å². The Kier molecular flexibility index (Phi) is 2.37. The monoisotopic (exact) mass is 204 g/mol. The maximum Gasteiger partial charge on any atom is 0.321 e. The van der Waals surface area contributed by atoms with E-state index in [1.807, 2.05) is 19.9 Å². The van der Waals surface area contributed by atoms with E-state index >= 15 is 0 Å². The molecule has 2 aromatic rings. The van der Waals surface area contributed by atoms with Gasteiger partial charge in [0.1, 0.15) is 5.69 Å². The lowest BCUT2D eigenvalue weighted by molar-refractivity contribution is 0.434. The van der Waals surface area contributed by atoms with Gasteiger partial charge in [-0.2, -0.15) is 4.98 Å². The van der Waals surface area contributed by atoms with Crippen molar-refractivity contribution in [3.63, 3.8) is 0 Å². The number of aryl methyl sites for hydroxylation is 2. The van der Waals surface area contributed by atoms with Gasteiger partial charge in [0.25, 0.3) is 0 Å². The lowest BCUT2D eigenvalue weighted by atomic mass is 10.1. The second-order valence-corrected chi connectivity index (χ2v) is 3.35. The number of aromatic nitrogens is 3. The number of rotatable bonds is 2. The molecule has 0 aliphatic carbocycles. The van der Waals surface area contributed by atoms with Crippen molar-refractivity contribution in [2.45, 2.75) is 13.8 Å². The third kappa shape index (κ3) is 1.81. The Morgan fingerprint density at radius 1 is 1.33 bits per heavy atom. The van der Waals surface area contributed by atoms with Crippen molar-refractivity contribution in [3.05, 3.63) is 23.4 Å². The molecule has 15 heavy (non-hydrogen) atoms. The smallest absolute Gasteiger partial charge is 0.321 e. The minimum Gasteiger partial charge on any atom is -0.341 e. The van der Waals surface area contributed by atoms with E-state index < -0.39 is 0 Å². The zero-order chi connectivity index (χ0) is 10.8. The van der Waals surface area contributed by atoms with Crippen LogP contribution < -0.4 is 5.32 Å². The highest BCUT2D eigenvalue weighted by Gasteiger charge is 2.10. The van der Waals surface area contributed by atoms with Crippen molar-refractivity contribution in [2.24, 2.45) is 0 Å². The Bertz CT molecular complexity index is 478. The molecule has 0 saturated heterocycles. The van der Waals surface area contributed by atoms with E-state index in [0.717, 1.165) is 16.8 Å². The molecular formula is C10H12N4O. The molecule has 0 amide bonds. The van der Waals surface area contributed by atoms with Gasteiger partial charge in [-0.1, -0.05) is 11.2 Å². The maximum atomic E-state index is 4.94. The van der Waals surface area contributed by atoms with Crippen LogP contribution in [0.1, 0.15) is 11.1 Å². The highest BCUT2D eigenvalue weighted by Crippen LogP contribution is 2.19. The molecule has 0 radical (unpaired) electrons. The molecule has 0 aromatic carbocycles. The van der Waals surface area contributed by atoms with Gasteiger partial charge >= 0.3 is 6.01 Å². The van der Waals surface area contributed by atoms with Crippen LogP contribution in [0.5, 0.6) is 0 Å². The lowest BCUT2D eigenvalue weighted by Crippen LogP contribution is -1.92. The molecular weight excluding hydrogens is 192 g/mol. The predicted molar refractivity (Wildman–Crippen MR) is 56.5 cm³/mol. The predicted octanol–water partition coefficient (Wildman–Crippen LogP) is 1.79. The first-order chi connectivity index (χ1) is 7.20. The summed E-state index contributed by atoms with van der Waals surface area (Å²) in [6.07, 6.45) is 1.79. The van der Waals surface area contributed by atoms with Gasteiger partial charge in [0, 0.05) is 13.2 Å². The van der Waals surface area contributed by atoms with Gasteiger partial charge in [0.2, 0.25) is 5.82 Å². The van der Waals surface area contributed by atoms with E-state index in [1.165, 1.54) is 0 Å². The van der Waals surface area contributed by atoms with Crippen molar-refractivity contribution in [3.8, 4) is 11.5 Å². The molecule has 0 aliphatic rings. The highest BCUT2D eigenvalue weighted by molar-refractivity contribution is 5.55. The topological polar surface area (TPSA) is 63.8 Å². The molecule has 0 saturated carbocycles. The summed E-state index contributed by atoms with van der Waals surface area (Å²) in [6, 6.07) is 2.43. The first kappa shape index (κ1) is 9.64. The molecule has 5 heteroatoms. The van der Waals surface area contributed by atoms with Crippen molar-refractivity contribution in [1.82, 2.24) is 15.1 Å². The first-order valence-electron chi connectivity index (χ1n) is 4.66. The Morgan fingerprint density at radius 3 is 2.73 bits per heavy atom. The largest absolute Gasteiger partial charge is 0.341 e. The van der Waals surface area contributed by atoms with Crippen LogP contribution in [0.2, 0.25) is 0 Å². The molecule has 2 heterocycles. The average Bonchev–Trinajstić information content (AvgIpc) is 2.66. The van der Waals surface area contributed by atoms with Crippen LogP contribution in [0.15, 0.2) is 16.8 Å². The number of hydrogen-bond donors (Lipinski definition) is 1. The fourth-order valence-electron chi connectivity index (χ4n) is 1.37. The maximum absolute atomic E-state index is 4.94. The van der Waals surface area contributed by atoms with Gasteiger partial charge in [-0.05, 0) is 25.0 Å². The Balaban J connectivity index is 2.44. The molecule has 0 aliphatic heterocycles. The minimum absolute atomic E-state index is 0.395. The number of pyridine rings is 1. The van der Waals surface area contributed by atoms with E-state index in [-0.39, 0.29) is 0 Å². The van der Waals surface area contributed by atoms with Gasteiger partial charge in [-0.3, -0.25) is 4.98 Å². The third-order valence-electron chi connectivity index (χ3n) is 2.07. The fraction of sp³-hybridized carbons (Fsp3) is 0.300. The summed E-state index contributed by atoms with van der Waals surface area (Å²) < 4.78 is 4.94. The summed E-state index contributed by atoms with van der Waals surface area (Å²) in [6.45, 7) is 3.98. The lowest BCUT2D eigenvalue weighted by Gasteiger charge is -2.00. The van der Waals surface area contributed by atoms with E-state index in [9.17, 15) is 0 Å². The number of nitrogens with one attached hydrogen (secondary N) is 1. The number of anilines is 1. The molecule has 2 aromatic heterocycles. The van der Waals surface area contributed by atoms with Crippen LogP contribution in [0.4, 0.5) is 6.01 Å². The SMILES string of the molecule is CNc1nc(-c2ncc(C)cc2C)no1. The van der Waals surface area contributed by atoms with Crippen LogP contribution >= 0.6 is 0 Å². The van der Waals surface area contributed by atoms with E-state index in [4.69, 9.17) is 4.52 Å². The summed E-state index contributed by atoms with van der Waals surface area (Å²) in [5, 5.41) is 6.62. The Hall–Kier alpha value is -1.91.